The first-order chi connectivity index (χ1) is 11.0. The van der Waals surface area contributed by atoms with E-state index in [4.69, 9.17) is 9.47 Å². The Kier molecular flexibility index (Phi) is 5.70. The van der Waals surface area contributed by atoms with Crippen molar-refractivity contribution >= 4 is 27.5 Å². The first-order valence-corrected chi connectivity index (χ1v) is 7.52. The standard InChI is InChI=1S/C16H16BrN3O3/c1-10(14-5-4-13(22-2)7-15(14)23-3)19-20-16(21)11-6-12(17)9-18-8-11/h4-9H,1-3H3,(H,20,21). The van der Waals surface area contributed by atoms with Crippen LogP contribution in [0.25, 0.3) is 0 Å². The smallest absolute Gasteiger partial charge is 0.272 e. The molecular formula is C16H16BrN3O3. The Labute approximate surface area is 142 Å². The first-order valence-electron chi connectivity index (χ1n) is 6.72. The molecule has 0 unspecified atom stereocenters. The van der Waals surface area contributed by atoms with Crippen LogP contribution in [0.3, 0.4) is 0 Å². The Hall–Kier alpha value is -2.41. The molecule has 0 saturated heterocycles. The number of carbonyl (C=O) groups is 1. The van der Waals surface area contributed by atoms with Crippen LogP contribution in [0, 0.1) is 0 Å². The molecule has 1 aromatic heterocycles. The van der Waals surface area contributed by atoms with Gasteiger partial charge in [0.05, 0.1) is 25.5 Å². The Morgan fingerprint density at radius 2 is 2.00 bits per heavy atom. The number of halogens is 1. The maximum atomic E-state index is 12.1. The van der Waals surface area contributed by atoms with Crippen LogP contribution in [0.4, 0.5) is 0 Å². The van der Waals surface area contributed by atoms with Gasteiger partial charge in [-0.25, -0.2) is 5.43 Å². The van der Waals surface area contributed by atoms with E-state index in [-0.39, 0.29) is 5.91 Å². The summed E-state index contributed by atoms with van der Waals surface area (Å²) in [4.78, 5) is 16.0. The molecule has 1 N–H and O–H groups in total. The van der Waals surface area contributed by atoms with Gasteiger partial charge in [0, 0.05) is 28.5 Å². The fraction of sp³-hybridized carbons (Fsp3) is 0.188. The second-order valence-corrected chi connectivity index (χ2v) is 5.51. The molecule has 120 valence electrons. The number of ether oxygens (including phenoxy) is 2. The molecule has 1 heterocycles. The quantitative estimate of drug-likeness (QED) is 0.641. The summed E-state index contributed by atoms with van der Waals surface area (Å²) in [6.07, 6.45) is 3.08. The minimum Gasteiger partial charge on any atom is -0.497 e. The Balaban J connectivity index is 2.18. The zero-order valence-electron chi connectivity index (χ0n) is 13.0. The lowest BCUT2D eigenvalue weighted by molar-refractivity contribution is 0.0954. The van der Waals surface area contributed by atoms with E-state index < -0.39 is 0 Å². The van der Waals surface area contributed by atoms with E-state index in [1.807, 2.05) is 6.07 Å². The number of hydrazone groups is 1. The number of pyridine rings is 1. The number of nitrogens with zero attached hydrogens (tertiary/aromatic N) is 2. The Morgan fingerprint density at radius 3 is 2.65 bits per heavy atom. The molecule has 0 aliphatic heterocycles. The van der Waals surface area contributed by atoms with Crippen LogP contribution in [0.15, 0.2) is 46.2 Å². The van der Waals surface area contributed by atoms with Gasteiger partial charge in [0.15, 0.2) is 0 Å². The van der Waals surface area contributed by atoms with E-state index in [1.54, 1.807) is 45.5 Å². The summed E-state index contributed by atoms with van der Waals surface area (Å²) in [5.41, 5.74) is 4.30. The average Bonchev–Trinajstić information content (AvgIpc) is 2.58. The molecule has 0 spiro atoms. The van der Waals surface area contributed by atoms with Gasteiger partial charge in [-0.05, 0) is 41.1 Å². The zero-order valence-corrected chi connectivity index (χ0v) is 14.5. The van der Waals surface area contributed by atoms with E-state index in [9.17, 15) is 4.79 Å². The van der Waals surface area contributed by atoms with Gasteiger partial charge in [0.2, 0.25) is 0 Å². The molecule has 1 amide bonds. The van der Waals surface area contributed by atoms with Gasteiger partial charge < -0.3 is 9.47 Å². The van der Waals surface area contributed by atoms with Crippen LogP contribution in [-0.2, 0) is 0 Å². The van der Waals surface area contributed by atoms with Crippen molar-refractivity contribution in [1.29, 1.82) is 0 Å². The third-order valence-corrected chi connectivity index (χ3v) is 3.52. The monoisotopic (exact) mass is 377 g/mol. The molecule has 6 nitrogen and oxygen atoms in total. The average molecular weight is 378 g/mol. The number of rotatable bonds is 5. The second kappa shape index (κ2) is 7.73. The predicted octanol–water partition coefficient (Wildman–Crippen LogP) is 3.02. The summed E-state index contributed by atoms with van der Waals surface area (Å²) in [5, 5.41) is 4.12. The lowest BCUT2D eigenvalue weighted by atomic mass is 10.1. The first kappa shape index (κ1) is 17.0. The van der Waals surface area contributed by atoms with Gasteiger partial charge in [-0.3, -0.25) is 9.78 Å². The Morgan fingerprint density at radius 1 is 1.22 bits per heavy atom. The molecule has 0 aliphatic rings. The highest BCUT2D eigenvalue weighted by molar-refractivity contribution is 9.10. The van der Waals surface area contributed by atoms with Crippen molar-refractivity contribution < 1.29 is 14.3 Å². The maximum absolute atomic E-state index is 12.1. The van der Waals surface area contributed by atoms with E-state index in [1.165, 1.54) is 6.20 Å². The molecule has 0 atom stereocenters. The number of carbonyl (C=O) groups excluding carboxylic acids is 1. The van der Waals surface area contributed by atoms with Crippen LogP contribution in [-0.4, -0.2) is 30.8 Å². The molecule has 7 heteroatoms. The second-order valence-electron chi connectivity index (χ2n) is 4.60. The van der Waals surface area contributed by atoms with Crippen molar-refractivity contribution in [2.45, 2.75) is 6.92 Å². The van der Waals surface area contributed by atoms with E-state index in [0.717, 1.165) is 10.0 Å². The predicted molar refractivity (Wildman–Crippen MR) is 91.2 cm³/mol. The summed E-state index contributed by atoms with van der Waals surface area (Å²) in [5.74, 6) is 0.956. The topological polar surface area (TPSA) is 72.8 Å². The van der Waals surface area contributed by atoms with Crippen molar-refractivity contribution in [2.24, 2.45) is 5.10 Å². The van der Waals surface area contributed by atoms with Crippen molar-refractivity contribution in [1.82, 2.24) is 10.4 Å². The van der Waals surface area contributed by atoms with Gasteiger partial charge >= 0.3 is 0 Å². The van der Waals surface area contributed by atoms with Crippen molar-refractivity contribution in [3.05, 3.63) is 52.3 Å². The lowest BCUT2D eigenvalue weighted by Gasteiger charge is -2.10. The molecule has 2 aromatic rings. The molecule has 0 aliphatic carbocycles. The minimum absolute atomic E-state index is 0.342. The van der Waals surface area contributed by atoms with Gasteiger partial charge in [0.25, 0.3) is 5.91 Å². The Bertz CT molecular complexity index is 747. The summed E-state index contributed by atoms with van der Waals surface area (Å²) in [6.45, 7) is 1.78. The van der Waals surface area contributed by atoms with E-state index >= 15 is 0 Å². The number of aromatic nitrogens is 1. The summed E-state index contributed by atoms with van der Waals surface area (Å²) in [6, 6.07) is 7.05. The summed E-state index contributed by atoms with van der Waals surface area (Å²) in [7, 11) is 3.15. The van der Waals surface area contributed by atoms with Gasteiger partial charge in [0.1, 0.15) is 11.5 Å². The SMILES string of the molecule is COc1ccc(C(C)=NNC(=O)c2cncc(Br)c2)c(OC)c1. The minimum atomic E-state index is -0.342. The van der Waals surface area contributed by atoms with E-state index in [0.29, 0.717) is 22.8 Å². The fourth-order valence-electron chi connectivity index (χ4n) is 1.89. The maximum Gasteiger partial charge on any atom is 0.272 e. The van der Waals surface area contributed by atoms with Crippen molar-refractivity contribution in [2.75, 3.05) is 14.2 Å². The zero-order chi connectivity index (χ0) is 16.8. The third kappa shape index (κ3) is 4.29. The summed E-state index contributed by atoms with van der Waals surface area (Å²) < 4.78 is 11.2. The summed E-state index contributed by atoms with van der Waals surface area (Å²) >= 11 is 3.27. The molecular weight excluding hydrogens is 362 g/mol. The van der Waals surface area contributed by atoms with Crippen molar-refractivity contribution in [3.63, 3.8) is 0 Å². The third-order valence-electron chi connectivity index (χ3n) is 3.09. The normalized spacial score (nSPS) is 11.0. The highest BCUT2D eigenvalue weighted by Gasteiger charge is 2.10. The largest absolute Gasteiger partial charge is 0.497 e. The number of methoxy groups -OCH3 is 2. The molecule has 2 rings (SSSR count). The van der Waals surface area contributed by atoms with Gasteiger partial charge in [-0.15, -0.1) is 0 Å². The van der Waals surface area contributed by atoms with Crippen molar-refractivity contribution in [3.8, 4) is 11.5 Å². The molecule has 0 bridgehead atoms. The lowest BCUT2D eigenvalue weighted by Crippen LogP contribution is -2.19. The fourth-order valence-corrected chi connectivity index (χ4v) is 2.26. The van der Waals surface area contributed by atoms with E-state index in [2.05, 4.69) is 31.4 Å². The highest BCUT2D eigenvalue weighted by atomic mass is 79.9. The molecule has 23 heavy (non-hydrogen) atoms. The number of nitrogens with one attached hydrogen (secondary N) is 1. The number of hydrogen-bond acceptors (Lipinski definition) is 5. The van der Waals surface area contributed by atoms with Gasteiger partial charge in [-0.2, -0.15) is 5.10 Å². The number of amides is 1. The molecule has 0 fully saturated rings. The highest BCUT2D eigenvalue weighted by Crippen LogP contribution is 2.25. The van der Waals surface area contributed by atoms with Gasteiger partial charge in [-0.1, -0.05) is 0 Å². The van der Waals surface area contributed by atoms with Crippen LogP contribution in [0.2, 0.25) is 0 Å². The molecule has 1 aromatic carbocycles. The van der Waals surface area contributed by atoms with Crippen LogP contribution < -0.4 is 14.9 Å². The molecule has 0 radical (unpaired) electrons. The molecule has 0 saturated carbocycles. The number of hydrogen-bond donors (Lipinski definition) is 1. The van der Waals surface area contributed by atoms with Crippen LogP contribution in [0.1, 0.15) is 22.8 Å². The van der Waals surface area contributed by atoms with Crippen LogP contribution >= 0.6 is 15.9 Å². The number of benzene rings is 1. The van der Waals surface area contributed by atoms with Crippen LogP contribution in [0.5, 0.6) is 11.5 Å².